The largest absolute Gasteiger partial charge is 0.378 e. The molecule has 3 rings (SSSR count). The predicted octanol–water partition coefficient (Wildman–Crippen LogP) is 4.62. The molecule has 0 saturated carbocycles. The first-order valence-corrected chi connectivity index (χ1v) is 9.24. The molecule has 0 aliphatic rings. The average Bonchev–Trinajstić information content (AvgIpc) is 2.67. The van der Waals surface area contributed by atoms with Crippen LogP contribution in [0.1, 0.15) is 18.3 Å². The zero-order valence-corrected chi connectivity index (χ0v) is 16.5. The maximum absolute atomic E-state index is 4.65. The molecular formula is C22H27N5. The molecule has 0 aliphatic heterocycles. The van der Waals surface area contributed by atoms with E-state index in [2.05, 4.69) is 80.5 Å². The number of aryl methyl sites for hydroxylation is 1. The molecule has 27 heavy (non-hydrogen) atoms. The van der Waals surface area contributed by atoms with Gasteiger partial charge in [-0.3, -0.25) is 0 Å². The molecule has 3 aromatic rings. The number of hydrogen-bond donors (Lipinski definition) is 1. The molecule has 0 unspecified atom stereocenters. The number of rotatable bonds is 7. The molecule has 0 bridgehead atoms. The SMILES string of the molecule is CCN(Cc1ccccc1)c1cc(Nc2ccc(N(C)C)cc2)nc(C)n1. The maximum Gasteiger partial charge on any atom is 0.136 e. The quantitative estimate of drug-likeness (QED) is 0.665. The number of benzene rings is 2. The van der Waals surface area contributed by atoms with Gasteiger partial charge >= 0.3 is 0 Å². The van der Waals surface area contributed by atoms with Gasteiger partial charge < -0.3 is 15.1 Å². The van der Waals surface area contributed by atoms with Crippen LogP contribution in [0.5, 0.6) is 0 Å². The Morgan fingerprint density at radius 3 is 2.26 bits per heavy atom. The van der Waals surface area contributed by atoms with Gasteiger partial charge in [-0.25, -0.2) is 9.97 Å². The Hall–Kier alpha value is -3.08. The van der Waals surface area contributed by atoms with Crippen molar-refractivity contribution in [2.24, 2.45) is 0 Å². The predicted molar refractivity (Wildman–Crippen MR) is 114 cm³/mol. The highest BCUT2D eigenvalue weighted by Gasteiger charge is 2.10. The summed E-state index contributed by atoms with van der Waals surface area (Å²) in [7, 11) is 4.07. The molecule has 1 aromatic heterocycles. The first kappa shape index (κ1) is 18.7. The van der Waals surface area contributed by atoms with Crippen molar-refractivity contribution in [3.05, 3.63) is 72.1 Å². The molecule has 1 heterocycles. The van der Waals surface area contributed by atoms with E-state index >= 15 is 0 Å². The van der Waals surface area contributed by atoms with E-state index in [-0.39, 0.29) is 0 Å². The molecule has 2 aromatic carbocycles. The molecule has 0 aliphatic carbocycles. The van der Waals surface area contributed by atoms with E-state index in [0.717, 1.165) is 36.2 Å². The zero-order chi connectivity index (χ0) is 19.2. The summed E-state index contributed by atoms with van der Waals surface area (Å²) in [6.07, 6.45) is 0. The normalized spacial score (nSPS) is 10.5. The fourth-order valence-corrected chi connectivity index (χ4v) is 2.93. The summed E-state index contributed by atoms with van der Waals surface area (Å²) in [5.41, 5.74) is 3.44. The van der Waals surface area contributed by atoms with Gasteiger partial charge in [-0.2, -0.15) is 0 Å². The first-order chi connectivity index (χ1) is 13.0. The van der Waals surface area contributed by atoms with Crippen molar-refractivity contribution in [3.63, 3.8) is 0 Å². The van der Waals surface area contributed by atoms with Crippen LogP contribution >= 0.6 is 0 Å². The lowest BCUT2D eigenvalue weighted by Crippen LogP contribution is -2.23. The minimum Gasteiger partial charge on any atom is -0.378 e. The molecule has 1 N–H and O–H groups in total. The fraction of sp³-hybridized carbons (Fsp3) is 0.273. The maximum atomic E-state index is 4.65. The molecule has 5 heteroatoms. The Balaban J connectivity index is 1.80. The van der Waals surface area contributed by atoms with E-state index in [1.54, 1.807) is 0 Å². The average molecular weight is 361 g/mol. The molecule has 0 fully saturated rings. The van der Waals surface area contributed by atoms with Gasteiger partial charge in [0, 0.05) is 44.6 Å². The molecule has 140 valence electrons. The third kappa shape index (κ3) is 4.97. The van der Waals surface area contributed by atoms with Gasteiger partial charge in [-0.1, -0.05) is 30.3 Å². The van der Waals surface area contributed by atoms with E-state index in [0.29, 0.717) is 0 Å². The van der Waals surface area contributed by atoms with Crippen LogP contribution < -0.4 is 15.1 Å². The first-order valence-electron chi connectivity index (χ1n) is 9.24. The molecule has 0 saturated heterocycles. The lowest BCUT2D eigenvalue weighted by atomic mass is 10.2. The van der Waals surface area contributed by atoms with Crippen LogP contribution in [0.25, 0.3) is 0 Å². The Morgan fingerprint density at radius 1 is 0.926 bits per heavy atom. The van der Waals surface area contributed by atoms with Crippen molar-refractivity contribution in [2.45, 2.75) is 20.4 Å². The Morgan fingerprint density at radius 2 is 1.63 bits per heavy atom. The van der Waals surface area contributed by atoms with Crippen LogP contribution in [-0.4, -0.2) is 30.6 Å². The summed E-state index contributed by atoms with van der Waals surface area (Å²) in [5.74, 6) is 2.49. The summed E-state index contributed by atoms with van der Waals surface area (Å²) < 4.78 is 0. The van der Waals surface area contributed by atoms with Crippen LogP contribution in [-0.2, 0) is 6.54 Å². The topological polar surface area (TPSA) is 44.3 Å². The van der Waals surface area contributed by atoms with Gasteiger partial charge in [0.05, 0.1) is 0 Å². The number of hydrogen-bond acceptors (Lipinski definition) is 5. The highest BCUT2D eigenvalue weighted by Crippen LogP contribution is 2.23. The van der Waals surface area contributed by atoms with Crippen LogP contribution in [0, 0.1) is 6.92 Å². The van der Waals surface area contributed by atoms with Gasteiger partial charge in [0.1, 0.15) is 17.5 Å². The van der Waals surface area contributed by atoms with Crippen molar-refractivity contribution >= 4 is 23.0 Å². The summed E-state index contributed by atoms with van der Waals surface area (Å²) in [6.45, 7) is 5.78. The molecule has 0 amide bonds. The van der Waals surface area contributed by atoms with Crippen molar-refractivity contribution in [2.75, 3.05) is 35.8 Å². The third-order valence-electron chi connectivity index (χ3n) is 4.40. The van der Waals surface area contributed by atoms with E-state index in [4.69, 9.17) is 0 Å². The van der Waals surface area contributed by atoms with Crippen molar-refractivity contribution in [3.8, 4) is 0 Å². The van der Waals surface area contributed by atoms with E-state index < -0.39 is 0 Å². The lowest BCUT2D eigenvalue weighted by Gasteiger charge is -2.23. The number of anilines is 4. The van der Waals surface area contributed by atoms with Gasteiger partial charge in [0.15, 0.2) is 0 Å². The van der Waals surface area contributed by atoms with Crippen molar-refractivity contribution in [1.82, 2.24) is 9.97 Å². The highest BCUT2D eigenvalue weighted by molar-refractivity contribution is 5.62. The minimum atomic E-state index is 0.756. The van der Waals surface area contributed by atoms with Crippen LogP contribution in [0.15, 0.2) is 60.7 Å². The monoisotopic (exact) mass is 361 g/mol. The van der Waals surface area contributed by atoms with E-state index in [1.165, 1.54) is 11.3 Å². The van der Waals surface area contributed by atoms with Gasteiger partial charge in [-0.15, -0.1) is 0 Å². The van der Waals surface area contributed by atoms with E-state index in [9.17, 15) is 0 Å². The molecule has 0 atom stereocenters. The molecule has 0 radical (unpaired) electrons. The van der Waals surface area contributed by atoms with Crippen LogP contribution in [0.3, 0.4) is 0 Å². The number of nitrogens with zero attached hydrogens (tertiary/aromatic N) is 4. The summed E-state index contributed by atoms with van der Waals surface area (Å²) in [6, 6.07) is 20.8. The van der Waals surface area contributed by atoms with Gasteiger partial charge in [0.2, 0.25) is 0 Å². The van der Waals surface area contributed by atoms with Crippen LogP contribution in [0.4, 0.5) is 23.0 Å². The molecule has 0 spiro atoms. The standard InChI is InChI=1S/C22H27N5/c1-5-27(16-18-9-7-6-8-10-18)22-15-21(23-17(2)24-22)25-19-11-13-20(14-12-19)26(3)4/h6-15H,5,16H2,1-4H3,(H,23,24,25). The van der Waals surface area contributed by atoms with Crippen LogP contribution in [0.2, 0.25) is 0 Å². The second-order valence-electron chi connectivity index (χ2n) is 6.72. The third-order valence-corrected chi connectivity index (χ3v) is 4.40. The molecular weight excluding hydrogens is 334 g/mol. The van der Waals surface area contributed by atoms with E-state index in [1.807, 2.05) is 33.2 Å². The minimum absolute atomic E-state index is 0.756. The summed E-state index contributed by atoms with van der Waals surface area (Å²) in [4.78, 5) is 13.5. The van der Waals surface area contributed by atoms with Gasteiger partial charge in [0.25, 0.3) is 0 Å². The number of aromatic nitrogens is 2. The summed E-state index contributed by atoms with van der Waals surface area (Å²) in [5, 5.41) is 3.40. The lowest BCUT2D eigenvalue weighted by molar-refractivity contribution is 0.805. The van der Waals surface area contributed by atoms with Crippen molar-refractivity contribution < 1.29 is 0 Å². The summed E-state index contributed by atoms with van der Waals surface area (Å²) >= 11 is 0. The highest BCUT2D eigenvalue weighted by atomic mass is 15.2. The second kappa shape index (κ2) is 8.54. The van der Waals surface area contributed by atoms with Gasteiger partial charge in [-0.05, 0) is 43.7 Å². The molecule has 5 nitrogen and oxygen atoms in total. The Bertz CT molecular complexity index is 860. The second-order valence-corrected chi connectivity index (χ2v) is 6.72. The Labute approximate surface area is 161 Å². The zero-order valence-electron chi connectivity index (χ0n) is 16.5. The van der Waals surface area contributed by atoms with Crippen molar-refractivity contribution in [1.29, 1.82) is 0 Å². The number of nitrogens with one attached hydrogen (secondary N) is 1. The smallest absolute Gasteiger partial charge is 0.136 e. The Kier molecular flexibility index (Phi) is 5.91. The fourth-order valence-electron chi connectivity index (χ4n) is 2.93.